The fourth-order valence-corrected chi connectivity index (χ4v) is 2.08. The van der Waals surface area contributed by atoms with Crippen LogP contribution in [-0.4, -0.2) is 31.1 Å². The first-order valence-electron chi connectivity index (χ1n) is 6.36. The number of nitrogens with one attached hydrogen (secondary N) is 2. The van der Waals surface area contributed by atoms with Crippen molar-refractivity contribution in [2.75, 3.05) is 13.1 Å². The van der Waals surface area contributed by atoms with E-state index in [4.69, 9.17) is 5.73 Å². The van der Waals surface area contributed by atoms with Crippen LogP contribution in [-0.2, 0) is 4.79 Å². The Morgan fingerprint density at radius 1 is 1.38 bits per heavy atom. The standard InChI is InChI=1S/C12H25N3O/c1-9(2)12(16)15-7-6-14-11-5-3-4-10(13)8-11/h9-11,14H,3-8,13H2,1-2H3,(H,15,16). The fraction of sp³-hybridized carbons (Fsp3) is 0.917. The van der Waals surface area contributed by atoms with Crippen LogP contribution >= 0.6 is 0 Å². The molecule has 0 aromatic heterocycles. The van der Waals surface area contributed by atoms with Gasteiger partial charge in [0.2, 0.25) is 5.91 Å². The highest BCUT2D eigenvalue weighted by atomic mass is 16.1. The summed E-state index contributed by atoms with van der Waals surface area (Å²) in [5, 5.41) is 6.35. The lowest BCUT2D eigenvalue weighted by Gasteiger charge is -2.27. The fourth-order valence-electron chi connectivity index (χ4n) is 2.08. The van der Waals surface area contributed by atoms with Gasteiger partial charge >= 0.3 is 0 Å². The largest absolute Gasteiger partial charge is 0.355 e. The summed E-state index contributed by atoms with van der Waals surface area (Å²) < 4.78 is 0. The molecule has 0 aliphatic heterocycles. The van der Waals surface area contributed by atoms with Crippen molar-refractivity contribution in [1.82, 2.24) is 10.6 Å². The normalized spacial score (nSPS) is 25.8. The van der Waals surface area contributed by atoms with Crippen LogP contribution in [0.25, 0.3) is 0 Å². The minimum atomic E-state index is 0.0723. The molecule has 0 aromatic carbocycles. The number of carbonyl (C=O) groups is 1. The Morgan fingerprint density at radius 2 is 2.12 bits per heavy atom. The second-order valence-electron chi connectivity index (χ2n) is 5.02. The molecule has 0 aromatic rings. The van der Waals surface area contributed by atoms with Crippen LogP contribution in [0.1, 0.15) is 39.5 Å². The van der Waals surface area contributed by atoms with Gasteiger partial charge < -0.3 is 16.4 Å². The number of nitrogens with two attached hydrogens (primary N) is 1. The third kappa shape index (κ3) is 4.94. The molecule has 4 nitrogen and oxygen atoms in total. The van der Waals surface area contributed by atoms with Crippen LogP contribution < -0.4 is 16.4 Å². The van der Waals surface area contributed by atoms with Crippen LogP contribution in [0.5, 0.6) is 0 Å². The molecule has 1 rings (SSSR count). The molecule has 2 atom stereocenters. The molecular formula is C12H25N3O. The summed E-state index contributed by atoms with van der Waals surface area (Å²) in [5.41, 5.74) is 5.91. The van der Waals surface area contributed by atoms with Crippen LogP contribution in [0.15, 0.2) is 0 Å². The summed E-state index contributed by atoms with van der Waals surface area (Å²) >= 11 is 0. The second-order valence-corrected chi connectivity index (χ2v) is 5.02. The third-order valence-corrected chi connectivity index (χ3v) is 3.10. The van der Waals surface area contributed by atoms with Gasteiger partial charge in [-0.15, -0.1) is 0 Å². The van der Waals surface area contributed by atoms with Gasteiger partial charge in [-0.05, 0) is 19.3 Å². The molecule has 0 bridgehead atoms. The van der Waals surface area contributed by atoms with E-state index in [1.54, 1.807) is 0 Å². The summed E-state index contributed by atoms with van der Waals surface area (Å²) in [4.78, 5) is 11.3. The summed E-state index contributed by atoms with van der Waals surface area (Å²) in [7, 11) is 0. The molecule has 4 heteroatoms. The molecule has 4 N–H and O–H groups in total. The molecular weight excluding hydrogens is 202 g/mol. The molecule has 0 heterocycles. The lowest BCUT2D eigenvalue weighted by molar-refractivity contribution is -0.123. The van der Waals surface area contributed by atoms with Gasteiger partial charge in [0.05, 0.1) is 0 Å². The van der Waals surface area contributed by atoms with E-state index in [1.807, 2.05) is 13.8 Å². The number of amides is 1. The number of hydrogen-bond acceptors (Lipinski definition) is 3. The van der Waals surface area contributed by atoms with E-state index in [0.717, 1.165) is 19.4 Å². The second kappa shape index (κ2) is 6.86. The molecule has 2 unspecified atom stereocenters. The van der Waals surface area contributed by atoms with Gasteiger partial charge in [0.1, 0.15) is 0 Å². The molecule has 1 aliphatic rings. The lowest BCUT2D eigenvalue weighted by atomic mass is 9.92. The molecule has 1 aliphatic carbocycles. The molecule has 0 saturated heterocycles. The lowest BCUT2D eigenvalue weighted by Crippen LogP contribution is -2.42. The van der Waals surface area contributed by atoms with Gasteiger partial charge in [0.15, 0.2) is 0 Å². The molecule has 1 saturated carbocycles. The zero-order valence-corrected chi connectivity index (χ0v) is 10.5. The molecule has 16 heavy (non-hydrogen) atoms. The van der Waals surface area contributed by atoms with Crippen molar-refractivity contribution in [2.45, 2.75) is 51.6 Å². The molecule has 0 spiro atoms. The number of carbonyl (C=O) groups excluding carboxylic acids is 1. The van der Waals surface area contributed by atoms with Crippen molar-refractivity contribution in [3.63, 3.8) is 0 Å². The van der Waals surface area contributed by atoms with Gasteiger partial charge in [0, 0.05) is 31.1 Å². The van der Waals surface area contributed by atoms with E-state index in [2.05, 4.69) is 10.6 Å². The average Bonchev–Trinajstić information content (AvgIpc) is 2.24. The molecule has 1 fully saturated rings. The van der Waals surface area contributed by atoms with Gasteiger partial charge in [-0.1, -0.05) is 20.3 Å². The highest BCUT2D eigenvalue weighted by molar-refractivity contribution is 5.77. The van der Waals surface area contributed by atoms with Crippen molar-refractivity contribution in [3.8, 4) is 0 Å². The van der Waals surface area contributed by atoms with E-state index < -0.39 is 0 Å². The number of hydrogen-bond donors (Lipinski definition) is 3. The van der Waals surface area contributed by atoms with E-state index in [-0.39, 0.29) is 11.8 Å². The summed E-state index contributed by atoms with van der Waals surface area (Å²) in [6.07, 6.45) is 4.66. The minimum Gasteiger partial charge on any atom is -0.355 e. The van der Waals surface area contributed by atoms with Crippen LogP contribution in [0, 0.1) is 5.92 Å². The maximum atomic E-state index is 11.3. The van der Waals surface area contributed by atoms with Crippen molar-refractivity contribution in [3.05, 3.63) is 0 Å². The molecule has 0 radical (unpaired) electrons. The smallest absolute Gasteiger partial charge is 0.222 e. The average molecular weight is 227 g/mol. The van der Waals surface area contributed by atoms with E-state index >= 15 is 0 Å². The van der Waals surface area contributed by atoms with E-state index in [1.165, 1.54) is 12.8 Å². The van der Waals surface area contributed by atoms with Crippen LogP contribution in [0.3, 0.4) is 0 Å². The predicted molar refractivity (Wildman–Crippen MR) is 66.1 cm³/mol. The molecule has 94 valence electrons. The first kappa shape index (κ1) is 13.5. The highest BCUT2D eigenvalue weighted by Gasteiger charge is 2.18. The Hall–Kier alpha value is -0.610. The Bertz CT molecular complexity index is 218. The Morgan fingerprint density at radius 3 is 2.75 bits per heavy atom. The van der Waals surface area contributed by atoms with Crippen molar-refractivity contribution >= 4 is 5.91 Å². The maximum absolute atomic E-state index is 11.3. The SMILES string of the molecule is CC(C)C(=O)NCCNC1CCCC(N)C1. The quantitative estimate of drug-likeness (QED) is 0.603. The van der Waals surface area contributed by atoms with Gasteiger partial charge in [-0.2, -0.15) is 0 Å². The third-order valence-electron chi connectivity index (χ3n) is 3.10. The predicted octanol–water partition coefficient (Wildman–Crippen LogP) is 0.618. The Kier molecular flexibility index (Phi) is 5.77. The topological polar surface area (TPSA) is 67.2 Å². The Balaban J connectivity index is 2.04. The first-order valence-corrected chi connectivity index (χ1v) is 6.36. The van der Waals surface area contributed by atoms with Crippen LogP contribution in [0.2, 0.25) is 0 Å². The van der Waals surface area contributed by atoms with E-state index in [0.29, 0.717) is 18.6 Å². The van der Waals surface area contributed by atoms with Gasteiger partial charge in [-0.3, -0.25) is 4.79 Å². The Labute approximate surface area is 98.3 Å². The zero-order chi connectivity index (χ0) is 12.0. The summed E-state index contributed by atoms with van der Waals surface area (Å²) in [6, 6.07) is 0.899. The summed E-state index contributed by atoms with van der Waals surface area (Å²) in [5.74, 6) is 0.199. The van der Waals surface area contributed by atoms with Crippen molar-refractivity contribution < 1.29 is 4.79 Å². The zero-order valence-electron chi connectivity index (χ0n) is 10.5. The van der Waals surface area contributed by atoms with Crippen molar-refractivity contribution in [2.24, 2.45) is 11.7 Å². The minimum absolute atomic E-state index is 0.0723. The van der Waals surface area contributed by atoms with Gasteiger partial charge in [-0.25, -0.2) is 0 Å². The molecule has 1 amide bonds. The highest BCUT2D eigenvalue weighted by Crippen LogP contribution is 2.16. The van der Waals surface area contributed by atoms with Crippen LogP contribution in [0.4, 0.5) is 0 Å². The van der Waals surface area contributed by atoms with E-state index in [9.17, 15) is 4.79 Å². The van der Waals surface area contributed by atoms with Crippen molar-refractivity contribution in [1.29, 1.82) is 0 Å². The first-order chi connectivity index (χ1) is 7.59. The van der Waals surface area contributed by atoms with Gasteiger partial charge in [0.25, 0.3) is 0 Å². The number of rotatable bonds is 5. The summed E-state index contributed by atoms with van der Waals surface area (Å²) in [6.45, 7) is 5.37. The monoisotopic (exact) mass is 227 g/mol. The maximum Gasteiger partial charge on any atom is 0.222 e.